The number of pyridine rings is 1. The molecule has 0 saturated carbocycles. The van der Waals surface area contributed by atoms with E-state index in [2.05, 4.69) is 22.2 Å². The highest BCUT2D eigenvalue weighted by molar-refractivity contribution is 5.44. The Labute approximate surface area is 108 Å². The second-order valence-electron chi connectivity index (χ2n) is 4.85. The summed E-state index contributed by atoms with van der Waals surface area (Å²) >= 11 is 0. The fourth-order valence-electron chi connectivity index (χ4n) is 2.32. The minimum atomic E-state index is 0.202. The molecule has 1 saturated heterocycles. The molecule has 0 amide bonds. The van der Waals surface area contributed by atoms with Crippen molar-refractivity contribution >= 4 is 5.69 Å². The van der Waals surface area contributed by atoms with Crippen LogP contribution in [0.5, 0.6) is 0 Å². The minimum absolute atomic E-state index is 0.202. The summed E-state index contributed by atoms with van der Waals surface area (Å²) in [5, 5.41) is 3.33. The first-order chi connectivity index (χ1) is 8.70. The zero-order valence-corrected chi connectivity index (χ0v) is 11.1. The van der Waals surface area contributed by atoms with Crippen molar-refractivity contribution in [1.29, 1.82) is 0 Å². The Kier molecular flexibility index (Phi) is 4.52. The number of nitrogens with two attached hydrogens (primary N) is 1. The maximum absolute atomic E-state index is 5.96. The Hall–Kier alpha value is -1.17. The highest BCUT2D eigenvalue weighted by atomic mass is 16.5. The van der Waals surface area contributed by atoms with Gasteiger partial charge in [0.1, 0.15) is 0 Å². The number of morpholine rings is 1. The van der Waals surface area contributed by atoms with Crippen molar-refractivity contribution in [1.82, 2.24) is 15.2 Å². The van der Waals surface area contributed by atoms with E-state index < -0.39 is 0 Å². The molecule has 1 aromatic heterocycles. The summed E-state index contributed by atoms with van der Waals surface area (Å²) in [5.74, 6) is 0. The van der Waals surface area contributed by atoms with E-state index in [-0.39, 0.29) is 12.1 Å². The van der Waals surface area contributed by atoms with Crippen LogP contribution in [0.4, 0.5) is 5.69 Å². The van der Waals surface area contributed by atoms with Crippen molar-refractivity contribution in [3.05, 3.63) is 24.0 Å². The van der Waals surface area contributed by atoms with Crippen molar-refractivity contribution in [2.24, 2.45) is 0 Å². The number of hydrogen-bond donors (Lipinski definition) is 2. The van der Waals surface area contributed by atoms with Crippen LogP contribution in [0.15, 0.2) is 18.5 Å². The number of nitrogen functional groups attached to an aromatic ring is 1. The van der Waals surface area contributed by atoms with Crippen molar-refractivity contribution < 1.29 is 4.74 Å². The van der Waals surface area contributed by atoms with E-state index in [4.69, 9.17) is 10.5 Å². The molecule has 3 N–H and O–H groups in total. The number of ether oxygens (including phenoxy) is 1. The van der Waals surface area contributed by atoms with Gasteiger partial charge in [-0.1, -0.05) is 0 Å². The van der Waals surface area contributed by atoms with E-state index in [0.29, 0.717) is 0 Å². The predicted octanol–water partition coefficient (Wildman–Crippen LogP) is 0.125. The minimum Gasteiger partial charge on any atom is -0.398 e. The van der Waals surface area contributed by atoms with E-state index in [1.807, 2.05) is 19.3 Å². The molecule has 5 heteroatoms. The number of rotatable bonds is 4. The van der Waals surface area contributed by atoms with Crippen molar-refractivity contribution in [2.45, 2.75) is 18.6 Å². The third kappa shape index (κ3) is 3.19. The molecule has 1 fully saturated rings. The summed E-state index contributed by atoms with van der Waals surface area (Å²) in [6.07, 6.45) is 4.60. The third-order valence-corrected chi connectivity index (χ3v) is 3.50. The van der Waals surface area contributed by atoms with Gasteiger partial charge in [-0.05, 0) is 32.1 Å². The molecule has 2 heterocycles. The molecule has 1 aliphatic rings. The van der Waals surface area contributed by atoms with Crippen molar-refractivity contribution in [3.8, 4) is 0 Å². The fourth-order valence-corrected chi connectivity index (χ4v) is 2.32. The first-order valence-electron chi connectivity index (χ1n) is 6.36. The zero-order chi connectivity index (χ0) is 13.0. The van der Waals surface area contributed by atoms with Crippen LogP contribution in [0.3, 0.4) is 0 Å². The van der Waals surface area contributed by atoms with Crippen LogP contribution in [0.2, 0.25) is 0 Å². The standard InChI is InChI=1S/C13H22N4O/c1-15-12(13-9-17(2)5-6-18-13)7-10-8-16-4-3-11(10)14/h3-4,8,12-13,15H,5-7,9H2,1-2H3,(H2,14,16). The van der Waals surface area contributed by atoms with Crippen molar-refractivity contribution in [3.63, 3.8) is 0 Å². The van der Waals surface area contributed by atoms with Crippen LogP contribution in [0, 0.1) is 0 Å². The molecule has 2 unspecified atom stereocenters. The Morgan fingerprint density at radius 3 is 3.17 bits per heavy atom. The fraction of sp³-hybridized carbons (Fsp3) is 0.615. The topological polar surface area (TPSA) is 63.4 Å². The molecular formula is C13H22N4O. The SMILES string of the molecule is CNC(Cc1cnccc1N)C1CN(C)CCO1. The lowest BCUT2D eigenvalue weighted by molar-refractivity contribution is -0.0371. The summed E-state index contributed by atoms with van der Waals surface area (Å²) in [6.45, 7) is 2.75. The van der Waals surface area contributed by atoms with Gasteiger partial charge in [0.05, 0.1) is 12.7 Å². The molecule has 100 valence electrons. The Balaban J connectivity index is 2.03. The number of aromatic nitrogens is 1. The summed E-state index contributed by atoms with van der Waals surface area (Å²) in [4.78, 5) is 6.43. The molecule has 0 aliphatic carbocycles. The normalized spacial score (nSPS) is 22.9. The first kappa shape index (κ1) is 13.3. The van der Waals surface area contributed by atoms with E-state index >= 15 is 0 Å². The second kappa shape index (κ2) is 6.13. The molecule has 2 rings (SSSR count). The number of nitrogens with zero attached hydrogens (tertiary/aromatic N) is 2. The average molecular weight is 250 g/mol. The van der Waals surface area contributed by atoms with Gasteiger partial charge in [0.2, 0.25) is 0 Å². The smallest absolute Gasteiger partial charge is 0.0858 e. The summed E-state index contributed by atoms with van der Waals surface area (Å²) < 4.78 is 5.85. The monoisotopic (exact) mass is 250 g/mol. The maximum Gasteiger partial charge on any atom is 0.0858 e. The Bertz CT molecular complexity index is 385. The lowest BCUT2D eigenvalue weighted by Crippen LogP contribution is -2.51. The Morgan fingerprint density at radius 2 is 2.50 bits per heavy atom. The molecule has 0 radical (unpaired) electrons. The Morgan fingerprint density at radius 1 is 1.67 bits per heavy atom. The third-order valence-electron chi connectivity index (χ3n) is 3.50. The average Bonchev–Trinajstić information content (AvgIpc) is 2.38. The van der Waals surface area contributed by atoms with Crippen LogP contribution in [-0.4, -0.2) is 55.8 Å². The second-order valence-corrected chi connectivity index (χ2v) is 4.85. The van der Waals surface area contributed by atoms with E-state index in [9.17, 15) is 0 Å². The van der Waals surface area contributed by atoms with Crippen LogP contribution in [-0.2, 0) is 11.2 Å². The summed E-state index contributed by atoms with van der Waals surface area (Å²) in [5.41, 5.74) is 7.84. The van der Waals surface area contributed by atoms with Crippen molar-refractivity contribution in [2.75, 3.05) is 39.5 Å². The molecule has 18 heavy (non-hydrogen) atoms. The van der Waals surface area contributed by atoms with Crippen LogP contribution in [0.25, 0.3) is 0 Å². The lowest BCUT2D eigenvalue weighted by Gasteiger charge is -2.35. The predicted molar refractivity (Wildman–Crippen MR) is 72.4 cm³/mol. The van der Waals surface area contributed by atoms with E-state index in [1.165, 1.54) is 0 Å². The summed E-state index contributed by atoms with van der Waals surface area (Å²) in [7, 11) is 4.09. The molecule has 1 aromatic rings. The number of anilines is 1. The molecule has 1 aliphatic heterocycles. The molecule has 0 spiro atoms. The number of hydrogen-bond acceptors (Lipinski definition) is 5. The van der Waals surface area contributed by atoms with Gasteiger partial charge in [-0.15, -0.1) is 0 Å². The van der Waals surface area contributed by atoms with Gasteiger partial charge in [0, 0.05) is 37.2 Å². The van der Waals surface area contributed by atoms with Gasteiger partial charge >= 0.3 is 0 Å². The summed E-state index contributed by atoms with van der Waals surface area (Å²) in [6, 6.07) is 2.11. The van der Waals surface area contributed by atoms with Gasteiger partial charge < -0.3 is 20.7 Å². The molecule has 2 atom stereocenters. The highest BCUT2D eigenvalue weighted by Gasteiger charge is 2.26. The van der Waals surface area contributed by atoms with E-state index in [1.54, 1.807) is 6.20 Å². The maximum atomic E-state index is 5.96. The van der Waals surface area contributed by atoms with Gasteiger partial charge in [-0.2, -0.15) is 0 Å². The largest absolute Gasteiger partial charge is 0.398 e. The zero-order valence-electron chi connectivity index (χ0n) is 11.1. The van der Waals surface area contributed by atoms with E-state index in [0.717, 1.165) is 37.4 Å². The van der Waals surface area contributed by atoms with Crippen LogP contribution >= 0.6 is 0 Å². The van der Waals surface area contributed by atoms with Gasteiger partial charge in [0.15, 0.2) is 0 Å². The van der Waals surface area contributed by atoms with Gasteiger partial charge in [-0.3, -0.25) is 4.98 Å². The molecule has 0 aromatic carbocycles. The van der Waals surface area contributed by atoms with Crippen LogP contribution in [0.1, 0.15) is 5.56 Å². The quantitative estimate of drug-likeness (QED) is 0.795. The molecule has 0 bridgehead atoms. The van der Waals surface area contributed by atoms with Gasteiger partial charge in [0.25, 0.3) is 0 Å². The number of likely N-dealkylation sites (N-methyl/N-ethyl adjacent to an activating group) is 2. The number of nitrogens with one attached hydrogen (secondary N) is 1. The first-order valence-corrected chi connectivity index (χ1v) is 6.36. The molecular weight excluding hydrogens is 228 g/mol. The molecule has 5 nitrogen and oxygen atoms in total. The highest BCUT2D eigenvalue weighted by Crippen LogP contribution is 2.16. The lowest BCUT2D eigenvalue weighted by atomic mass is 10.0. The van der Waals surface area contributed by atoms with Crippen LogP contribution < -0.4 is 11.1 Å². The van der Waals surface area contributed by atoms with Gasteiger partial charge in [-0.25, -0.2) is 0 Å².